The van der Waals surface area contributed by atoms with E-state index in [1.165, 1.54) is 10.4 Å². The second-order valence-corrected chi connectivity index (χ2v) is 8.21. The molecule has 1 aromatic carbocycles. The average Bonchev–Trinajstić information content (AvgIpc) is 3.05. The standard InChI is InChI=1S/C15H19ClN4O3S/c1-11(2)14-17-18-15(23-14)19-7-9-20(10-8-19)24(21,22)13-6-4-3-5-12(13)16/h3-6,11H,7-10H2,1-2H3. The minimum absolute atomic E-state index is 0.139. The van der Waals surface area contributed by atoms with Crippen LogP contribution in [0.4, 0.5) is 6.01 Å². The highest BCUT2D eigenvalue weighted by molar-refractivity contribution is 7.89. The van der Waals surface area contributed by atoms with E-state index in [0.29, 0.717) is 38.1 Å². The number of sulfonamides is 1. The van der Waals surface area contributed by atoms with E-state index in [2.05, 4.69) is 10.2 Å². The van der Waals surface area contributed by atoms with Crippen LogP contribution in [-0.4, -0.2) is 49.1 Å². The van der Waals surface area contributed by atoms with Gasteiger partial charge in [-0.2, -0.15) is 4.31 Å². The number of piperazine rings is 1. The van der Waals surface area contributed by atoms with Gasteiger partial charge < -0.3 is 9.32 Å². The van der Waals surface area contributed by atoms with E-state index in [0.717, 1.165) is 0 Å². The van der Waals surface area contributed by atoms with Crippen LogP contribution >= 0.6 is 11.6 Å². The molecule has 1 saturated heterocycles. The molecule has 0 aliphatic carbocycles. The largest absolute Gasteiger partial charge is 0.408 e. The van der Waals surface area contributed by atoms with Crippen LogP contribution in [0.2, 0.25) is 5.02 Å². The lowest BCUT2D eigenvalue weighted by atomic mass is 10.2. The number of hydrogen-bond donors (Lipinski definition) is 0. The summed E-state index contributed by atoms with van der Waals surface area (Å²) < 4.78 is 32.5. The molecule has 7 nitrogen and oxygen atoms in total. The molecule has 3 rings (SSSR count). The van der Waals surface area contributed by atoms with Crippen LogP contribution in [0.25, 0.3) is 0 Å². The van der Waals surface area contributed by atoms with Gasteiger partial charge in [-0.05, 0) is 12.1 Å². The van der Waals surface area contributed by atoms with Crippen molar-refractivity contribution in [2.75, 3.05) is 31.1 Å². The molecule has 0 saturated carbocycles. The number of benzene rings is 1. The van der Waals surface area contributed by atoms with E-state index in [-0.39, 0.29) is 15.8 Å². The van der Waals surface area contributed by atoms with Crippen molar-refractivity contribution in [1.82, 2.24) is 14.5 Å². The van der Waals surface area contributed by atoms with Crippen LogP contribution in [0.15, 0.2) is 33.6 Å². The summed E-state index contributed by atoms with van der Waals surface area (Å²) in [5.74, 6) is 0.740. The summed E-state index contributed by atoms with van der Waals surface area (Å²) in [6.45, 7) is 5.61. The van der Waals surface area contributed by atoms with Gasteiger partial charge in [0, 0.05) is 32.1 Å². The minimum atomic E-state index is -3.60. The third kappa shape index (κ3) is 3.26. The van der Waals surface area contributed by atoms with Crippen LogP contribution < -0.4 is 4.90 Å². The number of halogens is 1. The highest BCUT2D eigenvalue weighted by Gasteiger charge is 2.31. The lowest BCUT2D eigenvalue weighted by molar-refractivity contribution is 0.367. The third-order valence-electron chi connectivity index (χ3n) is 3.89. The molecule has 0 atom stereocenters. The SMILES string of the molecule is CC(C)c1nnc(N2CCN(S(=O)(=O)c3ccccc3Cl)CC2)o1. The molecule has 0 bridgehead atoms. The summed E-state index contributed by atoms with van der Waals surface area (Å²) in [5.41, 5.74) is 0. The zero-order chi connectivity index (χ0) is 17.3. The third-order valence-corrected chi connectivity index (χ3v) is 6.29. The Morgan fingerprint density at radius 3 is 2.38 bits per heavy atom. The predicted octanol–water partition coefficient (Wildman–Crippen LogP) is 2.36. The Morgan fingerprint density at radius 1 is 1.12 bits per heavy atom. The maximum atomic E-state index is 12.7. The Hall–Kier alpha value is -1.64. The maximum absolute atomic E-state index is 12.7. The zero-order valence-electron chi connectivity index (χ0n) is 13.5. The Balaban J connectivity index is 1.71. The van der Waals surface area contributed by atoms with Crippen molar-refractivity contribution in [3.05, 3.63) is 35.2 Å². The van der Waals surface area contributed by atoms with Gasteiger partial charge in [0.25, 0.3) is 0 Å². The summed E-state index contributed by atoms with van der Waals surface area (Å²) in [4.78, 5) is 2.04. The first-order chi connectivity index (χ1) is 11.4. The van der Waals surface area contributed by atoms with Crippen molar-refractivity contribution >= 4 is 27.6 Å². The molecule has 2 aromatic rings. The zero-order valence-corrected chi connectivity index (χ0v) is 15.1. The fourth-order valence-electron chi connectivity index (χ4n) is 2.50. The first kappa shape index (κ1) is 17.2. The Morgan fingerprint density at radius 2 is 1.79 bits per heavy atom. The van der Waals surface area contributed by atoms with Crippen LogP contribution in [0.1, 0.15) is 25.7 Å². The fourth-order valence-corrected chi connectivity index (χ4v) is 4.42. The van der Waals surface area contributed by atoms with E-state index < -0.39 is 10.0 Å². The van der Waals surface area contributed by atoms with Crippen molar-refractivity contribution in [2.24, 2.45) is 0 Å². The van der Waals surface area contributed by atoms with E-state index in [1.54, 1.807) is 18.2 Å². The second kappa shape index (κ2) is 6.70. The molecule has 0 N–H and O–H groups in total. The topological polar surface area (TPSA) is 79.5 Å². The molecule has 1 fully saturated rings. The molecular formula is C15H19ClN4O3S. The Labute approximate surface area is 146 Å². The van der Waals surface area contributed by atoms with Gasteiger partial charge in [-0.1, -0.05) is 42.7 Å². The summed E-state index contributed by atoms with van der Waals surface area (Å²) >= 11 is 6.04. The van der Waals surface area contributed by atoms with Gasteiger partial charge in [-0.25, -0.2) is 8.42 Å². The Bertz CT molecular complexity index is 814. The van der Waals surface area contributed by atoms with Crippen LogP contribution in [0.5, 0.6) is 0 Å². The molecule has 24 heavy (non-hydrogen) atoms. The van der Waals surface area contributed by atoms with Crippen molar-refractivity contribution in [3.63, 3.8) is 0 Å². The number of hydrogen-bond acceptors (Lipinski definition) is 6. The van der Waals surface area contributed by atoms with Gasteiger partial charge in [-0.15, -0.1) is 5.10 Å². The molecule has 1 aromatic heterocycles. The van der Waals surface area contributed by atoms with Crippen molar-refractivity contribution in [1.29, 1.82) is 0 Å². The number of aromatic nitrogens is 2. The second-order valence-electron chi connectivity index (χ2n) is 5.90. The minimum Gasteiger partial charge on any atom is -0.408 e. The lowest BCUT2D eigenvalue weighted by Crippen LogP contribution is -2.48. The summed E-state index contributed by atoms with van der Waals surface area (Å²) in [5, 5.41) is 8.29. The molecule has 0 spiro atoms. The Kier molecular flexibility index (Phi) is 4.80. The average molecular weight is 371 g/mol. The number of rotatable bonds is 4. The van der Waals surface area contributed by atoms with Gasteiger partial charge in [0.15, 0.2) is 0 Å². The van der Waals surface area contributed by atoms with Crippen molar-refractivity contribution in [3.8, 4) is 0 Å². The van der Waals surface area contributed by atoms with Gasteiger partial charge >= 0.3 is 6.01 Å². The molecular weight excluding hydrogens is 352 g/mol. The van der Waals surface area contributed by atoms with Gasteiger partial charge in [0.2, 0.25) is 15.9 Å². The van der Waals surface area contributed by atoms with E-state index in [9.17, 15) is 8.42 Å². The van der Waals surface area contributed by atoms with Gasteiger partial charge in [0.05, 0.1) is 5.02 Å². The summed E-state index contributed by atoms with van der Waals surface area (Å²) in [7, 11) is -3.60. The maximum Gasteiger partial charge on any atom is 0.318 e. The molecule has 9 heteroatoms. The van der Waals surface area contributed by atoms with Crippen molar-refractivity contribution in [2.45, 2.75) is 24.7 Å². The van der Waals surface area contributed by atoms with Crippen LogP contribution in [0, 0.1) is 0 Å². The molecule has 0 amide bonds. The van der Waals surface area contributed by atoms with Crippen molar-refractivity contribution < 1.29 is 12.8 Å². The smallest absolute Gasteiger partial charge is 0.318 e. The molecule has 130 valence electrons. The monoisotopic (exact) mass is 370 g/mol. The highest BCUT2D eigenvalue weighted by atomic mass is 35.5. The fraction of sp³-hybridized carbons (Fsp3) is 0.467. The van der Waals surface area contributed by atoms with Crippen LogP contribution in [-0.2, 0) is 10.0 Å². The first-order valence-electron chi connectivity index (χ1n) is 7.72. The van der Waals surface area contributed by atoms with E-state index >= 15 is 0 Å². The number of nitrogens with zero attached hydrogens (tertiary/aromatic N) is 4. The highest BCUT2D eigenvalue weighted by Crippen LogP contribution is 2.26. The molecule has 0 unspecified atom stereocenters. The van der Waals surface area contributed by atoms with E-state index in [1.807, 2.05) is 18.7 Å². The normalized spacial score (nSPS) is 16.8. The van der Waals surface area contributed by atoms with Gasteiger partial charge in [0.1, 0.15) is 4.90 Å². The number of anilines is 1. The van der Waals surface area contributed by atoms with Crippen LogP contribution in [0.3, 0.4) is 0 Å². The molecule has 1 aliphatic heterocycles. The first-order valence-corrected chi connectivity index (χ1v) is 9.54. The molecule has 2 heterocycles. The quantitative estimate of drug-likeness (QED) is 0.821. The molecule has 0 radical (unpaired) electrons. The predicted molar refractivity (Wildman–Crippen MR) is 90.8 cm³/mol. The molecule has 1 aliphatic rings. The van der Waals surface area contributed by atoms with Gasteiger partial charge in [-0.3, -0.25) is 0 Å². The lowest BCUT2D eigenvalue weighted by Gasteiger charge is -2.32. The summed E-state index contributed by atoms with van der Waals surface area (Å²) in [6, 6.07) is 6.92. The summed E-state index contributed by atoms with van der Waals surface area (Å²) in [6.07, 6.45) is 0. The van der Waals surface area contributed by atoms with E-state index in [4.69, 9.17) is 16.0 Å².